The minimum Gasteiger partial charge on any atom is -0.312 e. The largest absolute Gasteiger partial charge is 0.312 e. The summed E-state index contributed by atoms with van der Waals surface area (Å²) in [4.78, 5) is 1.42. The maximum absolute atomic E-state index is 12.3. The van der Waals surface area contributed by atoms with Crippen LogP contribution >= 0.6 is 11.3 Å². The Bertz CT molecular complexity index is 507. The maximum Gasteiger partial charge on any atom is 0.241 e. The van der Waals surface area contributed by atoms with Gasteiger partial charge < -0.3 is 5.32 Å². The third-order valence-corrected chi connectivity index (χ3v) is 5.72. The van der Waals surface area contributed by atoms with Crippen molar-refractivity contribution in [1.29, 1.82) is 0 Å². The molecule has 0 amide bonds. The second-order valence-corrected chi connectivity index (χ2v) is 8.34. The summed E-state index contributed by atoms with van der Waals surface area (Å²) in [5.74, 6) is 0. The summed E-state index contributed by atoms with van der Waals surface area (Å²) in [7, 11) is -3.42. The molecule has 1 aromatic rings. The minimum absolute atomic E-state index is 0.375. The summed E-state index contributed by atoms with van der Waals surface area (Å²) in [5, 5.41) is 5.00. The van der Waals surface area contributed by atoms with Crippen LogP contribution in [0.2, 0.25) is 0 Å². The summed E-state index contributed by atoms with van der Waals surface area (Å²) in [6, 6.07) is 1.76. The van der Waals surface area contributed by atoms with Crippen molar-refractivity contribution >= 4 is 21.4 Å². The van der Waals surface area contributed by atoms with Gasteiger partial charge in [-0.2, -0.15) is 0 Å². The molecule has 20 heavy (non-hydrogen) atoms. The van der Waals surface area contributed by atoms with E-state index < -0.39 is 15.6 Å². The van der Waals surface area contributed by atoms with Gasteiger partial charge >= 0.3 is 0 Å². The van der Waals surface area contributed by atoms with Crippen molar-refractivity contribution in [3.8, 4) is 0 Å². The third kappa shape index (κ3) is 5.52. The van der Waals surface area contributed by atoms with E-state index >= 15 is 0 Å². The monoisotopic (exact) mass is 318 g/mol. The molecule has 0 atom stereocenters. The van der Waals surface area contributed by atoms with Crippen molar-refractivity contribution in [2.75, 3.05) is 6.54 Å². The second kappa shape index (κ2) is 7.54. The normalized spacial score (nSPS) is 12.8. The molecule has 0 aliphatic rings. The molecular formula is C14H26N2O2S2. The van der Waals surface area contributed by atoms with Crippen molar-refractivity contribution in [2.45, 2.75) is 63.9 Å². The molecule has 0 spiro atoms. The van der Waals surface area contributed by atoms with E-state index in [4.69, 9.17) is 0 Å². The summed E-state index contributed by atoms with van der Waals surface area (Å²) < 4.78 is 27.5. The molecule has 2 N–H and O–H groups in total. The Labute approximate surface area is 127 Å². The molecule has 116 valence electrons. The number of hydrogen-bond acceptors (Lipinski definition) is 4. The molecule has 0 aromatic carbocycles. The summed E-state index contributed by atoms with van der Waals surface area (Å²) in [5.41, 5.74) is -0.407. The maximum atomic E-state index is 12.3. The first-order valence-electron chi connectivity index (χ1n) is 7.13. The average Bonchev–Trinajstić information content (AvgIpc) is 2.77. The Hall–Kier alpha value is -0.430. The van der Waals surface area contributed by atoms with Crippen LogP contribution < -0.4 is 10.0 Å². The third-order valence-electron chi connectivity index (χ3n) is 2.95. The molecule has 0 radical (unpaired) electrons. The van der Waals surface area contributed by atoms with Crippen LogP contribution in [-0.2, 0) is 16.6 Å². The summed E-state index contributed by atoms with van der Waals surface area (Å²) in [6.45, 7) is 9.68. The highest BCUT2D eigenvalue weighted by Gasteiger charge is 2.26. The molecule has 0 aliphatic carbocycles. The quantitative estimate of drug-likeness (QED) is 0.688. The Morgan fingerprint density at radius 1 is 1.25 bits per heavy atom. The first-order chi connectivity index (χ1) is 9.30. The van der Waals surface area contributed by atoms with Crippen molar-refractivity contribution in [3.63, 3.8) is 0 Å². The highest BCUT2D eigenvalue weighted by atomic mass is 32.2. The van der Waals surface area contributed by atoms with Crippen molar-refractivity contribution in [1.82, 2.24) is 10.0 Å². The Morgan fingerprint density at radius 2 is 1.95 bits per heavy atom. The van der Waals surface area contributed by atoms with E-state index in [1.54, 1.807) is 11.4 Å². The molecule has 0 bridgehead atoms. The van der Waals surface area contributed by atoms with E-state index in [-0.39, 0.29) is 0 Å². The molecule has 4 nitrogen and oxygen atoms in total. The Balaban J connectivity index is 2.73. The van der Waals surface area contributed by atoms with Gasteiger partial charge in [0.05, 0.1) is 4.90 Å². The number of hydrogen-bond donors (Lipinski definition) is 2. The molecule has 1 heterocycles. The predicted molar refractivity (Wildman–Crippen MR) is 85.6 cm³/mol. The average molecular weight is 319 g/mol. The van der Waals surface area contributed by atoms with E-state index in [9.17, 15) is 8.42 Å². The van der Waals surface area contributed by atoms with Crippen LogP contribution in [0.3, 0.4) is 0 Å². The van der Waals surface area contributed by atoms with Crippen LogP contribution in [0, 0.1) is 0 Å². The summed E-state index contributed by atoms with van der Waals surface area (Å²) >= 11 is 1.48. The van der Waals surface area contributed by atoms with E-state index in [0.29, 0.717) is 4.90 Å². The fourth-order valence-corrected chi connectivity index (χ4v) is 4.77. The topological polar surface area (TPSA) is 58.2 Å². The minimum atomic E-state index is -3.42. The van der Waals surface area contributed by atoms with Crippen LogP contribution in [0.5, 0.6) is 0 Å². The lowest BCUT2D eigenvalue weighted by atomic mass is 10.0. The molecule has 0 fully saturated rings. The standard InChI is InChI=1S/C14H26N2O2S2/c1-5-7-14(3,4)16-20(17,18)13-9-12(19-11-13)10-15-8-6-2/h9,11,15-16H,5-8,10H2,1-4H3. The van der Waals surface area contributed by atoms with Gasteiger partial charge in [0.2, 0.25) is 10.0 Å². The van der Waals surface area contributed by atoms with Gasteiger partial charge in [0.15, 0.2) is 0 Å². The predicted octanol–water partition coefficient (Wildman–Crippen LogP) is 3.10. The van der Waals surface area contributed by atoms with Crippen molar-refractivity contribution < 1.29 is 8.42 Å². The van der Waals surface area contributed by atoms with Crippen molar-refractivity contribution in [2.24, 2.45) is 0 Å². The highest BCUT2D eigenvalue weighted by molar-refractivity contribution is 7.89. The number of rotatable bonds is 9. The molecule has 1 aromatic heterocycles. The molecule has 0 unspecified atom stereocenters. The molecular weight excluding hydrogens is 292 g/mol. The Kier molecular flexibility index (Phi) is 6.64. The number of sulfonamides is 1. The van der Waals surface area contributed by atoms with Gasteiger partial charge in [0.1, 0.15) is 0 Å². The molecule has 0 saturated heterocycles. The highest BCUT2D eigenvalue weighted by Crippen LogP contribution is 2.22. The fourth-order valence-electron chi connectivity index (χ4n) is 2.08. The van der Waals surface area contributed by atoms with Gasteiger partial charge in [-0.15, -0.1) is 11.3 Å². The van der Waals surface area contributed by atoms with E-state index in [1.165, 1.54) is 11.3 Å². The first-order valence-corrected chi connectivity index (χ1v) is 9.49. The Morgan fingerprint density at radius 3 is 2.55 bits per heavy atom. The van der Waals surface area contributed by atoms with Crippen LogP contribution in [0.15, 0.2) is 16.3 Å². The number of thiophene rings is 1. The van der Waals surface area contributed by atoms with Gasteiger partial charge in [0, 0.05) is 22.3 Å². The zero-order valence-electron chi connectivity index (χ0n) is 12.8. The summed E-state index contributed by atoms with van der Waals surface area (Å²) in [6.07, 6.45) is 2.84. The lowest BCUT2D eigenvalue weighted by Gasteiger charge is -2.25. The molecule has 0 saturated carbocycles. The molecule has 0 aliphatic heterocycles. The van der Waals surface area contributed by atoms with Gasteiger partial charge in [-0.3, -0.25) is 0 Å². The van der Waals surface area contributed by atoms with Gasteiger partial charge in [-0.05, 0) is 39.3 Å². The second-order valence-electron chi connectivity index (χ2n) is 5.66. The lowest BCUT2D eigenvalue weighted by molar-refractivity contribution is 0.418. The first kappa shape index (κ1) is 17.6. The number of nitrogens with one attached hydrogen (secondary N) is 2. The zero-order chi connectivity index (χ0) is 15.2. The van der Waals surface area contributed by atoms with E-state index in [0.717, 1.165) is 37.2 Å². The fraction of sp³-hybridized carbons (Fsp3) is 0.714. The van der Waals surface area contributed by atoms with Crippen LogP contribution in [-0.4, -0.2) is 20.5 Å². The van der Waals surface area contributed by atoms with Crippen LogP contribution in [0.4, 0.5) is 0 Å². The lowest BCUT2D eigenvalue weighted by Crippen LogP contribution is -2.42. The van der Waals surface area contributed by atoms with Gasteiger partial charge in [-0.1, -0.05) is 20.3 Å². The SMILES string of the molecule is CCCNCc1cc(S(=O)(=O)NC(C)(C)CCC)cs1. The molecule has 6 heteroatoms. The van der Waals surface area contributed by atoms with Crippen LogP contribution in [0.1, 0.15) is 51.8 Å². The molecule has 1 rings (SSSR count). The van der Waals surface area contributed by atoms with Gasteiger partial charge in [-0.25, -0.2) is 13.1 Å². The van der Waals surface area contributed by atoms with Gasteiger partial charge in [0.25, 0.3) is 0 Å². The smallest absolute Gasteiger partial charge is 0.241 e. The van der Waals surface area contributed by atoms with Crippen LogP contribution in [0.25, 0.3) is 0 Å². The van der Waals surface area contributed by atoms with E-state index in [2.05, 4.69) is 23.9 Å². The van der Waals surface area contributed by atoms with E-state index in [1.807, 2.05) is 13.8 Å². The van der Waals surface area contributed by atoms with Crippen molar-refractivity contribution in [3.05, 3.63) is 16.3 Å². The zero-order valence-corrected chi connectivity index (χ0v) is 14.5.